The predicted octanol–water partition coefficient (Wildman–Crippen LogP) is 5.29. The SMILES string of the molecule is CCN1CCCc2cc3cc(-c4cc[n+](CCCCCC(=O)O)c(C(C)C)c4)c(=O)oc3cc21. The molecular formula is C28H35N2O4+. The zero-order valence-corrected chi connectivity index (χ0v) is 20.5. The molecule has 1 aliphatic rings. The molecule has 6 heteroatoms. The van der Waals surface area contributed by atoms with Crippen molar-refractivity contribution in [1.82, 2.24) is 0 Å². The van der Waals surface area contributed by atoms with Gasteiger partial charge in [0.25, 0.3) is 0 Å². The maximum atomic E-state index is 13.0. The maximum absolute atomic E-state index is 13.0. The number of carboxylic acids is 1. The zero-order valence-electron chi connectivity index (χ0n) is 20.5. The summed E-state index contributed by atoms with van der Waals surface area (Å²) in [6.07, 6.45) is 6.95. The smallest absolute Gasteiger partial charge is 0.344 e. The number of hydrogen-bond donors (Lipinski definition) is 1. The molecule has 34 heavy (non-hydrogen) atoms. The van der Waals surface area contributed by atoms with Crippen LogP contribution in [-0.4, -0.2) is 24.2 Å². The fourth-order valence-electron chi connectivity index (χ4n) is 4.96. The summed E-state index contributed by atoms with van der Waals surface area (Å²) >= 11 is 0. The van der Waals surface area contributed by atoms with E-state index in [9.17, 15) is 9.59 Å². The van der Waals surface area contributed by atoms with E-state index >= 15 is 0 Å². The van der Waals surface area contributed by atoms with Crippen LogP contribution in [0.2, 0.25) is 0 Å². The Morgan fingerprint density at radius 2 is 2.00 bits per heavy atom. The van der Waals surface area contributed by atoms with Crippen molar-refractivity contribution in [3.05, 3.63) is 58.2 Å². The van der Waals surface area contributed by atoms with Gasteiger partial charge in [-0.2, -0.15) is 0 Å². The molecule has 2 aromatic heterocycles. The highest BCUT2D eigenvalue weighted by molar-refractivity contribution is 5.86. The van der Waals surface area contributed by atoms with Crippen molar-refractivity contribution in [3.63, 3.8) is 0 Å². The van der Waals surface area contributed by atoms with Crippen molar-refractivity contribution in [2.45, 2.75) is 71.8 Å². The van der Waals surface area contributed by atoms with E-state index in [0.29, 0.717) is 23.5 Å². The largest absolute Gasteiger partial charge is 0.481 e. The fourth-order valence-corrected chi connectivity index (χ4v) is 4.96. The molecule has 3 heterocycles. The molecule has 0 aliphatic carbocycles. The molecule has 1 aromatic carbocycles. The first kappa shape index (κ1) is 24.0. The molecular weight excluding hydrogens is 428 g/mol. The van der Waals surface area contributed by atoms with Gasteiger partial charge in [0, 0.05) is 66.7 Å². The van der Waals surface area contributed by atoms with Gasteiger partial charge in [-0.1, -0.05) is 13.8 Å². The molecule has 3 aromatic rings. The van der Waals surface area contributed by atoms with E-state index in [0.717, 1.165) is 62.0 Å². The molecule has 1 aliphatic heterocycles. The maximum Gasteiger partial charge on any atom is 0.344 e. The number of aromatic nitrogens is 1. The highest BCUT2D eigenvalue weighted by atomic mass is 16.4. The Balaban J connectivity index is 1.64. The number of rotatable bonds is 9. The minimum Gasteiger partial charge on any atom is -0.481 e. The van der Waals surface area contributed by atoms with Crippen LogP contribution >= 0.6 is 0 Å². The Morgan fingerprint density at radius 1 is 1.18 bits per heavy atom. The number of aryl methyl sites for hydroxylation is 2. The van der Waals surface area contributed by atoms with Crippen molar-refractivity contribution in [2.24, 2.45) is 0 Å². The van der Waals surface area contributed by atoms with Crippen LogP contribution in [0.1, 0.15) is 70.1 Å². The Morgan fingerprint density at radius 3 is 2.74 bits per heavy atom. The second-order valence-electron chi connectivity index (χ2n) is 9.54. The lowest BCUT2D eigenvalue weighted by atomic mass is 9.98. The first-order valence-corrected chi connectivity index (χ1v) is 12.5. The third kappa shape index (κ3) is 5.16. The van der Waals surface area contributed by atoms with Crippen LogP contribution in [0.5, 0.6) is 0 Å². The third-order valence-corrected chi connectivity index (χ3v) is 6.79. The first-order chi connectivity index (χ1) is 16.4. The van der Waals surface area contributed by atoms with E-state index in [1.54, 1.807) is 0 Å². The summed E-state index contributed by atoms with van der Waals surface area (Å²) in [6.45, 7) is 9.27. The summed E-state index contributed by atoms with van der Waals surface area (Å²) in [7, 11) is 0. The number of nitrogens with zero attached hydrogens (tertiary/aromatic N) is 2. The van der Waals surface area contributed by atoms with Gasteiger partial charge in [0.15, 0.2) is 11.9 Å². The molecule has 0 atom stereocenters. The zero-order chi connectivity index (χ0) is 24.2. The Labute approximate surface area is 200 Å². The molecule has 0 saturated heterocycles. The number of hydrogen-bond acceptors (Lipinski definition) is 4. The average molecular weight is 464 g/mol. The molecule has 4 rings (SSSR count). The highest BCUT2D eigenvalue weighted by Gasteiger charge is 2.20. The van der Waals surface area contributed by atoms with E-state index < -0.39 is 5.97 Å². The van der Waals surface area contributed by atoms with Crippen molar-refractivity contribution in [3.8, 4) is 11.1 Å². The molecule has 0 radical (unpaired) electrons. The number of aliphatic carboxylic acids is 1. The number of pyridine rings is 1. The Kier molecular flexibility index (Phi) is 7.35. The number of carbonyl (C=O) groups is 1. The molecule has 0 spiro atoms. The number of fused-ring (bicyclic) bond motifs is 2. The van der Waals surface area contributed by atoms with Crippen LogP contribution in [-0.2, 0) is 17.8 Å². The molecule has 0 saturated carbocycles. The van der Waals surface area contributed by atoms with Gasteiger partial charge >= 0.3 is 11.6 Å². The average Bonchev–Trinajstić information content (AvgIpc) is 2.81. The van der Waals surface area contributed by atoms with Crippen LogP contribution in [0.25, 0.3) is 22.1 Å². The Hall–Kier alpha value is -3.15. The van der Waals surface area contributed by atoms with E-state index in [1.807, 2.05) is 24.4 Å². The van der Waals surface area contributed by atoms with Gasteiger partial charge in [0.05, 0.1) is 5.56 Å². The minimum absolute atomic E-state index is 0.220. The van der Waals surface area contributed by atoms with Gasteiger partial charge in [-0.3, -0.25) is 4.79 Å². The van der Waals surface area contributed by atoms with Gasteiger partial charge in [-0.25, -0.2) is 9.36 Å². The first-order valence-electron chi connectivity index (χ1n) is 12.5. The number of benzene rings is 1. The predicted molar refractivity (Wildman–Crippen MR) is 135 cm³/mol. The second-order valence-corrected chi connectivity index (χ2v) is 9.54. The van der Waals surface area contributed by atoms with Crippen LogP contribution < -0.4 is 15.1 Å². The molecule has 0 fully saturated rings. The van der Waals surface area contributed by atoms with E-state index in [1.165, 1.54) is 11.3 Å². The van der Waals surface area contributed by atoms with E-state index in [-0.39, 0.29) is 12.0 Å². The van der Waals surface area contributed by atoms with Gasteiger partial charge < -0.3 is 14.4 Å². The number of carboxylic acid groups (broad SMARTS) is 1. The van der Waals surface area contributed by atoms with Crippen LogP contribution in [0.15, 0.2) is 45.7 Å². The topological polar surface area (TPSA) is 74.6 Å². The monoisotopic (exact) mass is 463 g/mol. The summed E-state index contributed by atoms with van der Waals surface area (Å²) in [6, 6.07) is 10.3. The molecule has 0 amide bonds. The Bertz CT molecular complexity index is 1250. The van der Waals surface area contributed by atoms with Gasteiger partial charge in [-0.15, -0.1) is 0 Å². The highest BCUT2D eigenvalue weighted by Crippen LogP contribution is 2.32. The third-order valence-electron chi connectivity index (χ3n) is 6.79. The standard InChI is InChI=1S/C28H34N2O4/c1-4-29-13-8-9-21-15-22-16-23(28(33)34-26(22)18-25(21)29)20-11-14-30(24(17-20)19(2)3)12-7-5-6-10-27(31)32/h11,14-19H,4-10,12-13H2,1-3H3/p+1. The summed E-state index contributed by atoms with van der Waals surface area (Å²) in [5, 5.41) is 9.78. The van der Waals surface area contributed by atoms with Crippen molar-refractivity contribution >= 4 is 22.6 Å². The quantitative estimate of drug-likeness (QED) is 0.265. The van der Waals surface area contributed by atoms with Crippen LogP contribution in [0.4, 0.5) is 5.69 Å². The van der Waals surface area contributed by atoms with Crippen molar-refractivity contribution in [1.29, 1.82) is 0 Å². The fraction of sp³-hybridized carbons (Fsp3) is 0.464. The van der Waals surface area contributed by atoms with Crippen LogP contribution in [0, 0.1) is 0 Å². The molecule has 180 valence electrons. The lowest BCUT2D eigenvalue weighted by molar-refractivity contribution is -0.705. The van der Waals surface area contributed by atoms with Gasteiger partial charge in [0.2, 0.25) is 0 Å². The normalized spacial score (nSPS) is 13.5. The second kappa shape index (κ2) is 10.4. The number of anilines is 1. The lowest BCUT2D eigenvalue weighted by Gasteiger charge is -2.30. The molecule has 6 nitrogen and oxygen atoms in total. The molecule has 0 bridgehead atoms. The van der Waals surface area contributed by atoms with Crippen LogP contribution in [0.3, 0.4) is 0 Å². The van der Waals surface area contributed by atoms with E-state index in [2.05, 4.69) is 42.4 Å². The van der Waals surface area contributed by atoms with Gasteiger partial charge in [-0.05, 0) is 50.3 Å². The minimum atomic E-state index is -0.739. The van der Waals surface area contributed by atoms with Crippen molar-refractivity contribution in [2.75, 3.05) is 18.0 Å². The molecule has 0 unspecified atom stereocenters. The van der Waals surface area contributed by atoms with E-state index in [4.69, 9.17) is 9.52 Å². The summed E-state index contributed by atoms with van der Waals surface area (Å²) in [5.74, 6) is -0.448. The lowest BCUT2D eigenvalue weighted by Crippen LogP contribution is -2.38. The van der Waals surface area contributed by atoms with Crippen molar-refractivity contribution < 1.29 is 18.9 Å². The summed E-state index contributed by atoms with van der Waals surface area (Å²) < 4.78 is 8.03. The summed E-state index contributed by atoms with van der Waals surface area (Å²) in [5.41, 5.74) is 5.44. The number of unbranched alkanes of at least 4 members (excludes halogenated alkanes) is 2. The summed E-state index contributed by atoms with van der Waals surface area (Å²) in [4.78, 5) is 26.0. The van der Waals surface area contributed by atoms with Gasteiger partial charge in [0.1, 0.15) is 12.1 Å². The molecule has 1 N–H and O–H groups in total.